The number of fused-ring (bicyclic) bond motifs is 1. The number of aryl methyl sites for hydroxylation is 2. The van der Waals surface area contributed by atoms with Gasteiger partial charge in [0.05, 0.1) is 10.1 Å². The van der Waals surface area contributed by atoms with Gasteiger partial charge in [-0.25, -0.2) is 8.42 Å². The third kappa shape index (κ3) is 3.07. The Morgan fingerprint density at radius 1 is 1.20 bits per heavy atom. The van der Waals surface area contributed by atoms with Gasteiger partial charge < -0.3 is 5.32 Å². The van der Waals surface area contributed by atoms with Crippen molar-refractivity contribution in [3.63, 3.8) is 0 Å². The molecule has 0 heterocycles. The second-order valence-corrected chi connectivity index (χ2v) is 8.08. The van der Waals surface area contributed by atoms with Crippen LogP contribution in [0.5, 0.6) is 0 Å². The molecule has 2 atom stereocenters. The maximum absolute atomic E-state index is 12.7. The van der Waals surface area contributed by atoms with Crippen molar-refractivity contribution in [2.45, 2.75) is 62.6 Å². The first-order valence-corrected chi connectivity index (χ1v) is 9.10. The van der Waals surface area contributed by atoms with Crippen molar-refractivity contribution in [1.29, 1.82) is 0 Å². The van der Waals surface area contributed by atoms with Crippen molar-refractivity contribution < 1.29 is 8.42 Å². The molecule has 2 rings (SSSR count). The SMILES string of the molecule is CCCNC(C)C(C)S(=O)(=O)c1ccc2c(c1)CCC2. The third-order valence-corrected chi connectivity index (χ3v) is 6.61. The van der Waals surface area contributed by atoms with Crippen molar-refractivity contribution >= 4 is 9.84 Å². The number of nitrogens with one attached hydrogen (secondary N) is 1. The number of sulfone groups is 1. The van der Waals surface area contributed by atoms with Crippen LogP contribution in [0.15, 0.2) is 23.1 Å². The van der Waals surface area contributed by atoms with Crippen LogP contribution in [0.2, 0.25) is 0 Å². The van der Waals surface area contributed by atoms with E-state index in [1.54, 1.807) is 13.0 Å². The fraction of sp³-hybridized carbons (Fsp3) is 0.625. The molecule has 112 valence electrons. The first-order chi connectivity index (χ1) is 9.46. The van der Waals surface area contributed by atoms with E-state index in [1.165, 1.54) is 11.1 Å². The summed E-state index contributed by atoms with van der Waals surface area (Å²) < 4.78 is 25.4. The Morgan fingerprint density at radius 2 is 1.90 bits per heavy atom. The minimum atomic E-state index is -3.25. The summed E-state index contributed by atoms with van der Waals surface area (Å²) in [7, 11) is -3.25. The molecule has 0 amide bonds. The first kappa shape index (κ1) is 15.5. The first-order valence-electron chi connectivity index (χ1n) is 7.56. The lowest BCUT2D eigenvalue weighted by Crippen LogP contribution is -2.40. The maximum Gasteiger partial charge on any atom is 0.182 e. The molecule has 1 aromatic rings. The van der Waals surface area contributed by atoms with Gasteiger partial charge in [-0.1, -0.05) is 13.0 Å². The summed E-state index contributed by atoms with van der Waals surface area (Å²) in [6, 6.07) is 5.63. The predicted molar refractivity (Wildman–Crippen MR) is 82.9 cm³/mol. The molecule has 0 bridgehead atoms. The van der Waals surface area contributed by atoms with Crippen LogP contribution in [0.1, 0.15) is 44.7 Å². The molecule has 3 nitrogen and oxygen atoms in total. The van der Waals surface area contributed by atoms with Gasteiger partial charge in [0.1, 0.15) is 0 Å². The van der Waals surface area contributed by atoms with Crippen LogP contribution >= 0.6 is 0 Å². The second-order valence-electron chi connectivity index (χ2n) is 5.78. The highest BCUT2D eigenvalue weighted by atomic mass is 32.2. The van der Waals surface area contributed by atoms with Crippen molar-refractivity contribution in [1.82, 2.24) is 5.32 Å². The summed E-state index contributed by atoms with van der Waals surface area (Å²) in [5.74, 6) is 0. The highest BCUT2D eigenvalue weighted by Crippen LogP contribution is 2.27. The highest BCUT2D eigenvalue weighted by Gasteiger charge is 2.28. The summed E-state index contributed by atoms with van der Waals surface area (Å²) in [5.41, 5.74) is 2.53. The highest BCUT2D eigenvalue weighted by molar-refractivity contribution is 7.92. The lowest BCUT2D eigenvalue weighted by atomic mass is 10.1. The van der Waals surface area contributed by atoms with Crippen LogP contribution in [-0.4, -0.2) is 26.3 Å². The van der Waals surface area contributed by atoms with E-state index in [0.29, 0.717) is 4.90 Å². The zero-order valence-corrected chi connectivity index (χ0v) is 13.5. The van der Waals surface area contributed by atoms with Crippen LogP contribution in [0, 0.1) is 0 Å². The molecule has 1 N–H and O–H groups in total. The van der Waals surface area contributed by atoms with E-state index >= 15 is 0 Å². The van der Waals surface area contributed by atoms with Crippen molar-refractivity contribution in [2.24, 2.45) is 0 Å². The minimum Gasteiger partial charge on any atom is -0.313 e. The van der Waals surface area contributed by atoms with Crippen LogP contribution in [-0.2, 0) is 22.7 Å². The van der Waals surface area contributed by atoms with Crippen LogP contribution < -0.4 is 5.32 Å². The van der Waals surface area contributed by atoms with Crippen molar-refractivity contribution in [2.75, 3.05) is 6.54 Å². The molecule has 1 aromatic carbocycles. The molecule has 0 spiro atoms. The Kier molecular flexibility index (Phi) is 4.86. The summed E-state index contributed by atoms with van der Waals surface area (Å²) >= 11 is 0. The fourth-order valence-corrected chi connectivity index (χ4v) is 4.37. The molecule has 0 aliphatic heterocycles. The van der Waals surface area contributed by atoms with E-state index in [0.717, 1.165) is 32.2 Å². The molecule has 0 fully saturated rings. The average Bonchev–Trinajstić information content (AvgIpc) is 2.91. The summed E-state index contributed by atoms with van der Waals surface area (Å²) in [6.45, 7) is 6.69. The van der Waals surface area contributed by atoms with E-state index in [4.69, 9.17) is 0 Å². The topological polar surface area (TPSA) is 46.2 Å². The zero-order chi connectivity index (χ0) is 14.8. The Labute approximate surface area is 122 Å². The lowest BCUT2D eigenvalue weighted by Gasteiger charge is -2.21. The molecule has 0 radical (unpaired) electrons. The molecule has 4 heteroatoms. The molecule has 0 saturated heterocycles. The normalized spacial score (nSPS) is 17.8. The van der Waals surface area contributed by atoms with Gasteiger partial charge in [-0.15, -0.1) is 0 Å². The monoisotopic (exact) mass is 295 g/mol. The molecule has 1 aliphatic carbocycles. The van der Waals surface area contributed by atoms with Gasteiger partial charge >= 0.3 is 0 Å². The predicted octanol–water partition coefficient (Wildman–Crippen LogP) is 2.73. The smallest absolute Gasteiger partial charge is 0.182 e. The average molecular weight is 295 g/mol. The summed E-state index contributed by atoms with van der Waals surface area (Å²) in [4.78, 5) is 0.482. The molecule has 2 unspecified atom stereocenters. The van der Waals surface area contributed by atoms with Crippen molar-refractivity contribution in [3.05, 3.63) is 29.3 Å². The number of rotatable bonds is 6. The zero-order valence-electron chi connectivity index (χ0n) is 12.6. The molecular formula is C16H25NO2S. The summed E-state index contributed by atoms with van der Waals surface area (Å²) in [5, 5.41) is 2.87. The van der Waals surface area contributed by atoms with Gasteiger partial charge in [0.25, 0.3) is 0 Å². The fourth-order valence-electron chi connectivity index (χ4n) is 2.75. The number of hydrogen-bond donors (Lipinski definition) is 1. The van der Waals surface area contributed by atoms with Crippen LogP contribution in [0.25, 0.3) is 0 Å². The Bertz CT molecular complexity index is 566. The van der Waals surface area contributed by atoms with Crippen LogP contribution in [0.4, 0.5) is 0 Å². The standard InChI is InChI=1S/C16H25NO2S/c1-4-10-17-12(2)13(3)20(18,19)16-9-8-14-6-5-7-15(14)11-16/h8-9,11-13,17H,4-7,10H2,1-3H3. The van der Waals surface area contributed by atoms with Crippen molar-refractivity contribution in [3.8, 4) is 0 Å². The lowest BCUT2D eigenvalue weighted by molar-refractivity contribution is 0.509. The molecule has 1 aliphatic rings. The van der Waals surface area contributed by atoms with Gasteiger partial charge in [-0.05, 0) is 69.3 Å². The van der Waals surface area contributed by atoms with Gasteiger partial charge in [-0.3, -0.25) is 0 Å². The molecule has 0 saturated carbocycles. The van der Waals surface area contributed by atoms with Gasteiger partial charge in [0, 0.05) is 6.04 Å². The Balaban J connectivity index is 2.21. The molecule has 0 aromatic heterocycles. The molecular weight excluding hydrogens is 270 g/mol. The third-order valence-electron chi connectivity index (χ3n) is 4.31. The van der Waals surface area contributed by atoms with Gasteiger partial charge in [-0.2, -0.15) is 0 Å². The van der Waals surface area contributed by atoms with E-state index in [9.17, 15) is 8.42 Å². The summed E-state index contributed by atoms with van der Waals surface area (Å²) in [6.07, 6.45) is 4.25. The number of benzene rings is 1. The maximum atomic E-state index is 12.7. The van der Waals surface area contributed by atoms with Gasteiger partial charge in [0.15, 0.2) is 9.84 Å². The molecule has 20 heavy (non-hydrogen) atoms. The van der Waals surface area contributed by atoms with E-state index in [-0.39, 0.29) is 6.04 Å². The largest absolute Gasteiger partial charge is 0.313 e. The minimum absolute atomic E-state index is 0.0341. The Hall–Kier alpha value is -0.870. The van der Waals surface area contributed by atoms with E-state index in [2.05, 4.69) is 12.2 Å². The van der Waals surface area contributed by atoms with E-state index in [1.807, 2.05) is 19.1 Å². The van der Waals surface area contributed by atoms with Crippen LogP contribution in [0.3, 0.4) is 0 Å². The second kappa shape index (κ2) is 6.27. The van der Waals surface area contributed by atoms with E-state index < -0.39 is 15.1 Å². The van der Waals surface area contributed by atoms with Gasteiger partial charge in [0.2, 0.25) is 0 Å². The number of hydrogen-bond acceptors (Lipinski definition) is 3. The Morgan fingerprint density at radius 3 is 2.60 bits per heavy atom. The quantitative estimate of drug-likeness (QED) is 0.878.